The fourth-order valence-electron chi connectivity index (χ4n) is 2.53. The van der Waals surface area contributed by atoms with Crippen LogP contribution < -0.4 is 8.85 Å². The van der Waals surface area contributed by atoms with Crippen LogP contribution in [-0.2, 0) is 0 Å². The summed E-state index contributed by atoms with van der Waals surface area (Å²) in [5.74, 6) is 1.81. The lowest BCUT2D eigenvalue weighted by Gasteiger charge is -2.32. The molecule has 0 amide bonds. The van der Waals surface area contributed by atoms with Crippen LogP contribution in [0.5, 0.6) is 11.5 Å². The maximum Gasteiger partial charge on any atom is 0.454 e. The highest BCUT2D eigenvalue weighted by molar-refractivity contribution is 6.90. The average Bonchev–Trinajstić information content (AvgIpc) is 2.38. The fraction of sp³-hybridized carbons (Fsp3) is 0.294. The van der Waals surface area contributed by atoms with Crippen molar-refractivity contribution in [2.75, 3.05) is 0 Å². The molecule has 0 saturated carbocycles. The molecular weight excluding hydrogens is 292 g/mol. The molecule has 112 valence electrons. The Bertz CT molecular complexity index is 509. The van der Waals surface area contributed by atoms with Gasteiger partial charge in [0.05, 0.1) is 0 Å². The molecule has 2 nitrogen and oxygen atoms in total. The van der Waals surface area contributed by atoms with Crippen LogP contribution in [0.2, 0.25) is 31.9 Å². The minimum absolute atomic E-state index is 0.904. The van der Waals surface area contributed by atoms with E-state index in [2.05, 4.69) is 26.2 Å². The number of hydrogen-bond donors (Lipinski definition) is 0. The van der Waals surface area contributed by atoms with Gasteiger partial charge in [-0.2, -0.15) is 0 Å². The Morgan fingerprint density at radius 1 is 0.667 bits per heavy atom. The van der Waals surface area contributed by atoms with E-state index in [0.717, 1.165) is 17.2 Å². The summed E-state index contributed by atoms with van der Waals surface area (Å²) in [6.07, 6.45) is 0. The van der Waals surface area contributed by atoms with Crippen LogP contribution in [0.25, 0.3) is 0 Å². The molecule has 0 aliphatic carbocycles. The largest absolute Gasteiger partial charge is 0.512 e. The van der Waals surface area contributed by atoms with Gasteiger partial charge in [-0.3, -0.25) is 0 Å². The maximum absolute atomic E-state index is 6.33. The first kappa shape index (κ1) is 15.9. The van der Waals surface area contributed by atoms with Crippen LogP contribution in [0.4, 0.5) is 0 Å². The van der Waals surface area contributed by atoms with E-state index in [-0.39, 0.29) is 0 Å². The molecule has 0 fully saturated rings. The summed E-state index contributed by atoms with van der Waals surface area (Å²) < 4.78 is 12.7. The second-order valence-corrected chi connectivity index (χ2v) is 15.9. The van der Waals surface area contributed by atoms with Crippen LogP contribution in [-0.4, -0.2) is 16.6 Å². The smallest absolute Gasteiger partial charge is 0.454 e. The highest BCUT2D eigenvalue weighted by Gasteiger charge is 2.41. The van der Waals surface area contributed by atoms with Crippen molar-refractivity contribution >= 4 is 16.6 Å². The third kappa shape index (κ3) is 5.40. The molecule has 0 N–H and O–H groups in total. The number of hydrogen-bond acceptors (Lipinski definition) is 2. The van der Waals surface area contributed by atoms with E-state index in [9.17, 15) is 0 Å². The van der Waals surface area contributed by atoms with Crippen molar-refractivity contribution in [2.24, 2.45) is 0 Å². The van der Waals surface area contributed by atoms with Gasteiger partial charge in [-0.25, -0.2) is 0 Å². The zero-order chi connectivity index (χ0) is 15.3. The van der Waals surface area contributed by atoms with E-state index < -0.39 is 16.6 Å². The number of rotatable bonds is 6. The summed E-state index contributed by atoms with van der Waals surface area (Å²) in [4.78, 5) is 0. The molecule has 0 aliphatic heterocycles. The summed E-state index contributed by atoms with van der Waals surface area (Å²) in [7, 11) is -3.59. The van der Waals surface area contributed by atoms with Gasteiger partial charge in [-0.15, -0.1) is 0 Å². The lowest BCUT2D eigenvalue weighted by atomic mass is 10.3. The molecular formula is C17H24O2Si2. The Morgan fingerprint density at radius 2 is 1.05 bits per heavy atom. The summed E-state index contributed by atoms with van der Waals surface area (Å²) in [5, 5.41) is 0. The van der Waals surface area contributed by atoms with Gasteiger partial charge in [0, 0.05) is 20.3 Å². The van der Waals surface area contributed by atoms with E-state index in [0.29, 0.717) is 0 Å². The molecule has 0 heterocycles. The molecule has 0 unspecified atom stereocenters. The Morgan fingerprint density at radius 3 is 1.38 bits per heavy atom. The SMILES string of the molecule is C[Si](C)(C)C[Si](C)(Oc1ccccc1)Oc1ccccc1. The predicted molar refractivity (Wildman–Crippen MR) is 93.9 cm³/mol. The first-order valence-corrected chi connectivity index (χ1v) is 13.6. The van der Waals surface area contributed by atoms with Gasteiger partial charge in [0.15, 0.2) is 0 Å². The molecule has 0 aromatic heterocycles. The van der Waals surface area contributed by atoms with Gasteiger partial charge in [-0.1, -0.05) is 56.0 Å². The monoisotopic (exact) mass is 316 g/mol. The quantitative estimate of drug-likeness (QED) is 0.691. The molecule has 4 heteroatoms. The van der Waals surface area contributed by atoms with Gasteiger partial charge >= 0.3 is 8.56 Å². The Labute approximate surface area is 130 Å². The third-order valence-corrected chi connectivity index (χ3v) is 11.2. The number of benzene rings is 2. The summed E-state index contributed by atoms with van der Waals surface area (Å²) in [5.41, 5.74) is 1.06. The zero-order valence-corrected chi connectivity index (χ0v) is 15.3. The van der Waals surface area contributed by atoms with Gasteiger partial charge in [-0.05, 0) is 24.3 Å². The van der Waals surface area contributed by atoms with Crippen LogP contribution >= 0.6 is 0 Å². The normalized spacial score (nSPS) is 12.0. The van der Waals surface area contributed by atoms with Gasteiger partial charge in [0.2, 0.25) is 0 Å². The molecule has 2 rings (SSSR count). The zero-order valence-electron chi connectivity index (χ0n) is 13.3. The highest BCUT2D eigenvalue weighted by Crippen LogP contribution is 2.26. The first-order chi connectivity index (χ1) is 9.86. The van der Waals surface area contributed by atoms with E-state index >= 15 is 0 Å². The van der Waals surface area contributed by atoms with Gasteiger partial charge < -0.3 is 8.85 Å². The van der Waals surface area contributed by atoms with E-state index in [1.165, 1.54) is 0 Å². The van der Waals surface area contributed by atoms with Crippen molar-refractivity contribution in [1.82, 2.24) is 0 Å². The lowest BCUT2D eigenvalue weighted by molar-refractivity contribution is 0.395. The molecule has 0 aliphatic rings. The average molecular weight is 317 g/mol. The van der Waals surface area contributed by atoms with Crippen LogP contribution in [0.3, 0.4) is 0 Å². The highest BCUT2D eigenvalue weighted by atomic mass is 28.4. The second kappa shape index (κ2) is 6.49. The van der Waals surface area contributed by atoms with Crippen molar-refractivity contribution in [2.45, 2.75) is 31.9 Å². The summed E-state index contributed by atoms with van der Waals surface area (Å²) in [6.45, 7) is 9.26. The Kier molecular flexibility index (Phi) is 4.90. The van der Waals surface area contributed by atoms with Crippen molar-refractivity contribution in [3.63, 3.8) is 0 Å². The van der Waals surface area contributed by atoms with Crippen molar-refractivity contribution in [3.8, 4) is 11.5 Å². The molecule has 0 atom stereocenters. The van der Waals surface area contributed by atoms with Crippen LogP contribution in [0.1, 0.15) is 0 Å². The van der Waals surface area contributed by atoms with Gasteiger partial charge in [0.25, 0.3) is 0 Å². The standard InChI is InChI=1S/C17H24O2Si2/c1-20(2,3)15-21(4,18-16-11-7-5-8-12-16)19-17-13-9-6-10-14-17/h5-14H,15H2,1-4H3. The Balaban J connectivity index is 2.21. The van der Waals surface area contributed by atoms with E-state index in [1.807, 2.05) is 60.7 Å². The molecule has 2 aromatic rings. The molecule has 0 bridgehead atoms. The first-order valence-electron chi connectivity index (χ1n) is 7.34. The molecule has 2 aromatic carbocycles. The second-order valence-electron chi connectivity index (χ2n) is 6.70. The summed E-state index contributed by atoms with van der Waals surface area (Å²) >= 11 is 0. The van der Waals surface area contributed by atoms with Gasteiger partial charge in [0.1, 0.15) is 11.5 Å². The maximum atomic E-state index is 6.33. The summed E-state index contributed by atoms with van der Waals surface area (Å²) in [6, 6.07) is 20.0. The van der Waals surface area contributed by atoms with Crippen molar-refractivity contribution in [1.29, 1.82) is 0 Å². The van der Waals surface area contributed by atoms with E-state index in [1.54, 1.807) is 0 Å². The molecule has 0 saturated heterocycles. The van der Waals surface area contributed by atoms with Crippen LogP contribution in [0.15, 0.2) is 60.7 Å². The lowest BCUT2D eigenvalue weighted by Crippen LogP contribution is -2.51. The van der Waals surface area contributed by atoms with E-state index in [4.69, 9.17) is 8.85 Å². The van der Waals surface area contributed by atoms with Crippen molar-refractivity contribution in [3.05, 3.63) is 60.7 Å². The minimum Gasteiger partial charge on any atom is -0.512 e. The topological polar surface area (TPSA) is 18.5 Å². The minimum atomic E-state index is -2.30. The van der Waals surface area contributed by atoms with Crippen LogP contribution in [0, 0.1) is 0 Å². The number of para-hydroxylation sites is 2. The Hall–Kier alpha value is -1.53. The molecule has 21 heavy (non-hydrogen) atoms. The molecule has 0 radical (unpaired) electrons. The fourth-order valence-corrected chi connectivity index (χ4v) is 12.1. The molecule has 0 spiro atoms. The predicted octanol–water partition coefficient (Wildman–Crippen LogP) is 5.09. The van der Waals surface area contributed by atoms with Crippen molar-refractivity contribution < 1.29 is 8.85 Å². The third-order valence-electron chi connectivity index (χ3n) is 3.01.